The Labute approximate surface area is 233 Å². The Kier molecular flexibility index (Phi) is 7.32. The van der Waals surface area contributed by atoms with Crippen LogP contribution in [0.3, 0.4) is 0 Å². The number of hydrogen-bond acceptors (Lipinski definition) is 10. The standard InChI is InChI=1S/C29H40N4O7/c1-13(2)11-31-12-15-9-17(32(4)5)16-8-14-10-28(3)24(33(6)7)23(36)20(27(30)39)26(38)29(28,40)25(37)18(14)22(35)19(16)21(15)34/h9,13-14,24,31,34,36-37,40H,8,10-12H2,1-7H3,(H2,30,39)/t14-,24+,28-,29-/m0/s1. The number of carbonyl (C=O) groups is 3. The molecular weight excluding hydrogens is 516 g/mol. The van der Waals surface area contributed by atoms with Gasteiger partial charge in [0, 0.05) is 42.9 Å². The first-order valence-electron chi connectivity index (χ1n) is 13.4. The largest absolute Gasteiger partial charge is 0.510 e. The van der Waals surface area contributed by atoms with Crippen LogP contribution in [-0.2, 0) is 22.6 Å². The number of aliphatic hydroxyl groups excluding tert-OH is 2. The summed E-state index contributed by atoms with van der Waals surface area (Å²) >= 11 is 0. The van der Waals surface area contributed by atoms with Crippen molar-refractivity contribution in [3.05, 3.63) is 45.4 Å². The van der Waals surface area contributed by atoms with Crippen LogP contribution in [0.2, 0.25) is 0 Å². The van der Waals surface area contributed by atoms with Crippen LogP contribution in [-0.4, -0.2) is 89.2 Å². The third kappa shape index (κ3) is 4.02. The average Bonchev–Trinajstić information content (AvgIpc) is 2.82. The van der Waals surface area contributed by atoms with E-state index in [1.54, 1.807) is 25.9 Å². The highest BCUT2D eigenvalue weighted by molar-refractivity contribution is 6.25. The Balaban J connectivity index is 1.96. The fourth-order valence-corrected chi connectivity index (χ4v) is 6.97. The minimum atomic E-state index is -2.71. The number of anilines is 1. The molecule has 218 valence electrons. The van der Waals surface area contributed by atoms with Gasteiger partial charge in [0.15, 0.2) is 11.4 Å². The van der Waals surface area contributed by atoms with Gasteiger partial charge in [-0.1, -0.05) is 20.8 Å². The van der Waals surface area contributed by atoms with Gasteiger partial charge in [0.25, 0.3) is 5.91 Å². The first-order chi connectivity index (χ1) is 18.5. The number of aliphatic hydroxyl groups is 3. The Morgan fingerprint density at radius 1 is 1.18 bits per heavy atom. The summed E-state index contributed by atoms with van der Waals surface area (Å²) in [5.74, 6) is -5.17. The van der Waals surface area contributed by atoms with E-state index < -0.39 is 57.5 Å². The lowest BCUT2D eigenvalue weighted by Crippen LogP contribution is -2.69. The highest BCUT2D eigenvalue weighted by atomic mass is 16.4. The molecule has 0 saturated carbocycles. The first kappa shape index (κ1) is 29.6. The number of fused-ring (bicyclic) bond motifs is 3. The second kappa shape index (κ2) is 9.90. The van der Waals surface area contributed by atoms with Gasteiger partial charge in [-0.2, -0.15) is 0 Å². The Bertz CT molecular complexity index is 1360. The van der Waals surface area contributed by atoms with E-state index in [1.807, 2.05) is 25.1 Å². The monoisotopic (exact) mass is 556 g/mol. The molecule has 1 amide bonds. The number of likely N-dealkylation sites (N-methyl/N-ethyl adjacent to an activating group) is 1. The Hall–Kier alpha value is -3.41. The summed E-state index contributed by atoms with van der Waals surface area (Å²) in [6.07, 6.45) is 0.249. The third-order valence-electron chi connectivity index (χ3n) is 8.68. The molecule has 3 aliphatic rings. The molecule has 0 radical (unpaired) electrons. The number of benzene rings is 1. The van der Waals surface area contributed by atoms with Gasteiger partial charge in [-0.15, -0.1) is 0 Å². The highest BCUT2D eigenvalue weighted by Gasteiger charge is 2.69. The molecule has 0 aliphatic heterocycles. The summed E-state index contributed by atoms with van der Waals surface area (Å²) in [5, 5.41) is 49.2. The van der Waals surface area contributed by atoms with E-state index in [-0.39, 0.29) is 29.7 Å². The van der Waals surface area contributed by atoms with Crippen LogP contribution in [0.4, 0.5) is 5.69 Å². The van der Waals surface area contributed by atoms with Crippen molar-refractivity contribution in [2.75, 3.05) is 39.6 Å². The number of nitrogens with zero attached hydrogens (tertiary/aromatic N) is 2. The van der Waals surface area contributed by atoms with Crippen LogP contribution >= 0.6 is 0 Å². The number of aromatic hydroxyl groups is 1. The molecule has 0 aromatic heterocycles. The van der Waals surface area contributed by atoms with Crippen molar-refractivity contribution in [2.24, 2.45) is 23.0 Å². The maximum Gasteiger partial charge on any atom is 0.255 e. The molecule has 4 rings (SSSR count). The normalized spacial score (nSPS) is 28.1. The smallest absolute Gasteiger partial charge is 0.255 e. The van der Waals surface area contributed by atoms with Gasteiger partial charge in [0.05, 0.1) is 11.6 Å². The second-order valence-electron chi connectivity index (χ2n) is 12.3. The number of amides is 1. The molecular formula is C29H40N4O7. The van der Waals surface area contributed by atoms with Gasteiger partial charge < -0.3 is 36.4 Å². The number of nitrogens with two attached hydrogens (primary N) is 1. The molecule has 4 atom stereocenters. The number of phenolic OH excluding ortho intramolecular Hbond substituents is 1. The zero-order chi connectivity index (χ0) is 30.1. The van der Waals surface area contributed by atoms with Crippen LogP contribution in [0.1, 0.15) is 48.7 Å². The Morgan fingerprint density at radius 3 is 2.33 bits per heavy atom. The summed E-state index contributed by atoms with van der Waals surface area (Å²) in [6.45, 7) is 6.65. The van der Waals surface area contributed by atoms with E-state index in [9.17, 15) is 34.8 Å². The number of allylic oxidation sites excluding steroid dienone is 1. The molecule has 0 unspecified atom stereocenters. The highest BCUT2D eigenvalue weighted by Crippen LogP contribution is 2.59. The predicted molar refractivity (Wildman–Crippen MR) is 149 cm³/mol. The number of ketones is 2. The Morgan fingerprint density at radius 2 is 1.80 bits per heavy atom. The van der Waals surface area contributed by atoms with Crippen molar-refractivity contribution in [1.29, 1.82) is 0 Å². The molecule has 0 bridgehead atoms. The summed E-state index contributed by atoms with van der Waals surface area (Å²) in [5.41, 5.74) is 2.02. The van der Waals surface area contributed by atoms with E-state index in [0.717, 1.165) is 5.69 Å². The minimum Gasteiger partial charge on any atom is -0.510 e. The summed E-state index contributed by atoms with van der Waals surface area (Å²) in [6, 6.07) is 0.763. The second-order valence-corrected chi connectivity index (χ2v) is 12.3. The van der Waals surface area contributed by atoms with Crippen LogP contribution in [0.15, 0.2) is 28.7 Å². The summed E-state index contributed by atoms with van der Waals surface area (Å²) in [4.78, 5) is 43.4. The van der Waals surface area contributed by atoms with Crippen molar-refractivity contribution in [1.82, 2.24) is 10.2 Å². The zero-order valence-electron chi connectivity index (χ0n) is 24.1. The SMILES string of the molecule is CC(C)CNCc1cc(N(C)C)c2c(c1O)C(=O)C1=C(O)[C@]3(O)C(=O)C(C(N)=O)=C(O)[C@@H](N(C)C)[C@]3(C)C[C@@H]1C2. The molecule has 3 aliphatic carbocycles. The van der Waals surface area contributed by atoms with Crippen molar-refractivity contribution < 1.29 is 34.8 Å². The minimum absolute atomic E-state index is 0.0125. The average molecular weight is 557 g/mol. The van der Waals surface area contributed by atoms with E-state index in [2.05, 4.69) is 19.2 Å². The fraction of sp³-hybridized carbons (Fsp3) is 0.552. The zero-order valence-corrected chi connectivity index (χ0v) is 24.1. The van der Waals surface area contributed by atoms with Crippen LogP contribution in [0.5, 0.6) is 5.75 Å². The molecule has 0 fully saturated rings. The number of hydrogen-bond donors (Lipinski definition) is 6. The molecule has 40 heavy (non-hydrogen) atoms. The van der Waals surface area contributed by atoms with Gasteiger partial charge >= 0.3 is 0 Å². The lowest BCUT2D eigenvalue weighted by atomic mass is 9.51. The molecule has 7 N–H and O–H groups in total. The van der Waals surface area contributed by atoms with E-state index in [0.29, 0.717) is 30.1 Å². The van der Waals surface area contributed by atoms with Gasteiger partial charge in [-0.3, -0.25) is 19.3 Å². The fourth-order valence-electron chi connectivity index (χ4n) is 6.97. The molecule has 11 nitrogen and oxygen atoms in total. The van der Waals surface area contributed by atoms with Gasteiger partial charge in [0.1, 0.15) is 22.8 Å². The van der Waals surface area contributed by atoms with Gasteiger partial charge in [0.2, 0.25) is 5.78 Å². The number of nitrogens with one attached hydrogen (secondary N) is 1. The third-order valence-corrected chi connectivity index (χ3v) is 8.68. The molecule has 11 heteroatoms. The van der Waals surface area contributed by atoms with E-state index >= 15 is 0 Å². The van der Waals surface area contributed by atoms with Crippen molar-refractivity contribution in [3.63, 3.8) is 0 Å². The molecule has 0 saturated heterocycles. The number of carbonyl (C=O) groups excluding carboxylic acids is 3. The number of Topliss-reactive ketones (excluding diaryl/α,β-unsaturated/α-hetero) is 2. The molecule has 0 spiro atoms. The lowest BCUT2D eigenvalue weighted by molar-refractivity contribution is -0.165. The molecule has 1 aromatic rings. The predicted octanol–water partition coefficient (Wildman–Crippen LogP) is 1.32. The lowest BCUT2D eigenvalue weighted by Gasteiger charge is -2.57. The first-order valence-corrected chi connectivity index (χ1v) is 13.4. The topological polar surface area (TPSA) is 177 Å². The molecule has 0 heterocycles. The van der Waals surface area contributed by atoms with E-state index in [4.69, 9.17) is 5.73 Å². The van der Waals surface area contributed by atoms with Crippen molar-refractivity contribution in [2.45, 2.75) is 51.8 Å². The number of rotatable bonds is 7. The summed E-state index contributed by atoms with van der Waals surface area (Å²) < 4.78 is 0. The number of primary amides is 1. The van der Waals surface area contributed by atoms with Crippen molar-refractivity contribution >= 4 is 23.2 Å². The van der Waals surface area contributed by atoms with Crippen LogP contribution in [0, 0.1) is 17.3 Å². The maximum absolute atomic E-state index is 14.1. The van der Waals surface area contributed by atoms with E-state index in [1.165, 1.54) is 0 Å². The van der Waals surface area contributed by atoms with Crippen LogP contribution in [0.25, 0.3) is 0 Å². The van der Waals surface area contributed by atoms with Gasteiger partial charge in [-0.25, -0.2) is 0 Å². The maximum atomic E-state index is 14.1. The van der Waals surface area contributed by atoms with Gasteiger partial charge in [-0.05, 0) is 56.9 Å². The quantitative estimate of drug-likeness (QED) is 0.269. The number of phenols is 1. The van der Waals surface area contributed by atoms with Crippen LogP contribution < -0.4 is 16.0 Å². The summed E-state index contributed by atoms with van der Waals surface area (Å²) in [7, 11) is 6.88. The molecule has 1 aromatic carbocycles. The van der Waals surface area contributed by atoms with Crippen molar-refractivity contribution in [3.8, 4) is 5.75 Å².